The fourth-order valence-electron chi connectivity index (χ4n) is 3.15. The van der Waals surface area contributed by atoms with Gasteiger partial charge in [-0.15, -0.1) is 0 Å². The Hall–Kier alpha value is -1.91. The fourth-order valence-corrected chi connectivity index (χ4v) is 3.37. The quantitative estimate of drug-likeness (QED) is 0.787. The summed E-state index contributed by atoms with van der Waals surface area (Å²) in [6, 6.07) is 11.8. The van der Waals surface area contributed by atoms with E-state index >= 15 is 0 Å². The monoisotopic (exact) mass is 312 g/mol. The van der Waals surface area contributed by atoms with Crippen molar-refractivity contribution < 1.29 is 0 Å². The van der Waals surface area contributed by atoms with Gasteiger partial charge in [-0.3, -0.25) is 4.57 Å². The van der Waals surface area contributed by atoms with Crippen LogP contribution in [0.3, 0.4) is 0 Å². The average Bonchev–Trinajstić information content (AvgIpc) is 2.95. The summed E-state index contributed by atoms with van der Waals surface area (Å²) in [7, 11) is 0. The molecule has 0 amide bonds. The first-order valence-electron chi connectivity index (χ1n) is 7.63. The molecule has 4 rings (SSSR count). The van der Waals surface area contributed by atoms with Crippen LogP contribution in [0.15, 0.2) is 42.6 Å². The topological polar surface area (TPSA) is 42.7 Å². The smallest absolute Gasteiger partial charge is 0.164 e. The summed E-state index contributed by atoms with van der Waals surface area (Å²) in [6.07, 6.45) is 4.12. The number of rotatable bonds is 2. The van der Waals surface area contributed by atoms with E-state index in [1.165, 1.54) is 6.42 Å². The molecule has 22 heavy (non-hydrogen) atoms. The van der Waals surface area contributed by atoms with E-state index in [9.17, 15) is 0 Å². The van der Waals surface area contributed by atoms with Crippen LogP contribution in [0, 0.1) is 0 Å². The van der Waals surface area contributed by atoms with Gasteiger partial charge >= 0.3 is 0 Å². The Bertz CT molecular complexity index is 805. The van der Waals surface area contributed by atoms with E-state index in [4.69, 9.17) is 16.6 Å². The molecule has 5 heteroatoms. The summed E-state index contributed by atoms with van der Waals surface area (Å²) in [5.41, 5.74) is 2.74. The third kappa shape index (κ3) is 2.28. The minimum atomic E-state index is 0.388. The first-order valence-corrected chi connectivity index (χ1v) is 8.01. The molecule has 0 saturated carbocycles. The molecule has 1 fully saturated rings. The molecule has 1 unspecified atom stereocenters. The normalized spacial score (nSPS) is 18.7. The van der Waals surface area contributed by atoms with E-state index in [0.717, 1.165) is 47.2 Å². The lowest BCUT2D eigenvalue weighted by Gasteiger charge is -2.23. The van der Waals surface area contributed by atoms with Gasteiger partial charge in [-0.05, 0) is 43.7 Å². The Kier molecular flexibility index (Phi) is 3.56. The number of benzene rings is 1. The summed E-state index contributed by atoms with van der Waals surface area (Å²) >= 11 is 6.43. The number of pyridine rings is 1. The van der Waals surface area contributed by atoms with E-state index in [2.05, 4.69) is 14.9 Å². The van der Waals surface area contributed by atoms with Crippen molar-refractivity contribution >= 4 is 22.8 Å². The third-order valence-electron chi connectivity index (χ3n) is 4.20. The zero-order chi connectivity index (χ0) is 14.9. The number of piperidine rings is 1. The Labute approximate surface area is 134 Å². The van der Waals surface area contributed by atoms with Crippen molar-refractivity contribution in [1.29, 1.82) is 0 Å². The number of imidazole rings is 1. The Morgan fingerprint density at radius 1 is 1.18 bits per heavy atom. The molecule has 2 aromatic heterocycles. The Balaban J connectivity index is 1.96. The predicted octanol–water partition coefficient (Wildman–Crippen LogP) is 3.54. The summed E-state index contributed by atoms with van der Waals surface area (Å²) in [6.45, 7) is 2.04. The average molecular weight is 313 g/mol. The standard InChI is InChI=1S/C17H17ClN4/c18-13-6-1-2-8-15(13)22-16(12-5-3-9-19-11-12)21-14-7-4-10-20-17(14)22/h1-2,4,6-8,10,12,19H,3,5,9,11H2. The first kappa shape index (κ1) is 13.7. The Morgan fingerprint density at radius 3 is 2.91 bits per heavy atom. The molecule has 1 aliphatic heterocycles. The molecule has 1 aliphatic rings. The summed E-state index contributed by atoms with van der Waals surface area (Å²) < 4.78 is 2.12. The highest BCUT2D eigenvalue weighted by molar-refractivity contribution is 6.32. The van der Waals surface area contributed by atoms with Gasteiger partial charge in [0.1, 0.15) is 11.3 Å². The van der Waals surface area contributed by atoms with Crippen molar-refractivity contribution in [2.75, 3.05) is 13.1 Å². The van der Waals surface area contributed by atoms with Crippen LogP contribution >= 0.6 is 11.6 Å². The van der Waals surface area contributed by atoms with Gasteiger partial charge < -0.3 is 5.32 Å². The van der Waals surface area contributed by atoms with Crippen molar-refractivity contribution in [1.82, 2.24) is 19.9 Å². The molecule has 1 atom stereocenters. The number of halogens is 1. The van der Waals surface area contributed by atoms with Crippen LogP contribution < -0.4 is 5.32 Å². The molecule has 0 aliphatic carbocycles. The maximum Gasteiger partial charge on any atom is 0.164 e. The molecule has 1 saturated heterocycles. The largest absolute Gasteiger partial charge is 0.316 e. The summed E-state index contributed by atoms with van der Waals surface area (Å²) in [4.78, 5) is 9.39. The molecule has 3 aromatic rings. The zero-order valence-corrected chi connectivity index (χ0v) is 12.9. The number of aromatic nitrogens is 3. The molecule has 112 valence electrons. The molecule has 0 spiro atoms. The van der Waals surface area contributed by atoms with Gasteiger partial charge in [0.25, 0.3) is 0 Å². The van der Waals surface area contributed by atoms with E-state index in [-0.39, 0.29) is 0 Å². The minimum absolute atomic E-state index is 0.388. The van der Waals surface area contributed by atoms with Crippen LogP contribution in [0.5, 0.6) is 0 Å². The lowest BCUT2D eigenvalue weighted by atomic mass is 9.99. The van der Waals surface area contributed by atoms with Crippen molar-refractivity contribution in [2.45, 2.75) is 18.8 Å². The van der Waals surface area contributed by atoms with Crippen molar-refractivity contribution in [3.05, 3.63) is 53.4 Å². The number of nitrogens with zero attached hydrogens (tertiary/aromatic N) is 3. The van der Waals surface area contributed by atoms with Gasteiger partial charge in [0.05, 0.1) is 10.7 Å². The molecule has 0 radical (unpaired) electrons. The van der Waals surface area contributed by atoms with Crippen molar-refractivity contribution in [3.63, 3.8) is 0 Å². The lowest BCUT2D eigenvalue weighted by molar-refractivity contribution is 0.444. The molecule has 0 bridgehead atoms. The van der Waals surface area contributed by atoms with Gasteiger partial charge in [0, 0.05) is 18.7 Å². The van der Waals surface area contributed by atoms with Crippen LogP contribution in [0.1, 0.15) is 24.6 Å². The van der Waals surface area contributed by atoms with E-state index in [0.29, 0.717) is 5.92 Å². The number of hydrogen-bond donors (Lipinski definition) is 1. The highest BCUT2D eigenvalue weighted by atomic mass is 35.5. The van der Waals surface area contributed by atoms with Crippen LogP contribution in [0.2, 0.25) is 5.02 Å². The SMILES string of the molecule is Clc1ccccc1-n1c(C2CCCNC2)nc2cccnc21. The predicted molar refractivity (Wildman–Crippen MR) is 88.7 cm³/mol. The molecule has 4 nitrogen and oxygen atoms in total. The van der Waals surface area contributed by atoms with Crippen LogP contribution in [0.4, 0.5) is 0 Å². The van der Waals surface area contributed by atoms with Crippen molar-refractivity contribution in [2.24, 2.45) is 0 Å². The highest BCUT2D eigenvalue weighted by Crippen LogP contribution is 2.31. The third-order valence-corrected chi connectivity index (χ3v) is 4.52. The summed E-state index contributed by atoms with van der Waals surface area (Å²) in [5, 5.41) is 4.18. The number of hydrogen-bond acceptors (Lipinski definition) is 3. The second kappa shape index (κ2) is 5.71. The van der Waals surface area contributed by atoms with Gasteiger partial charge in [0.2, 0.25) is 0 Å². The van der Waals surface area contributed by atoms with Gasteiger partial charge in [-0.1, -0.05) is 23.7 Å². The molecular weight excluding hydrogens is 296 g/mol. The van der Waals surface area contributed by atoms with E-state index in [1.54, 1.807) is 6.20 Å². The number of fused-ring (bicyclic) bond motifs is 1. The molecule has 1 aromatic carbocycles. The molecule has 3 heterocycles. The van der Waals surface area contributed by atoms with E-state index in [1.807, 2.05) is 36.4 Å². The van der Waals surface area contributed by atoms with Crippen LogP contribution in [-0.2, 0) is 0 Å². The molecular formula is C17H17ClN4. The van der Waals surface area contributed by atoms with Gasteiger partial charge in [-0.2, -0.15) is 0 Å². The van der Waals surface area contributed by atoms with Crippen molar-refractivity contribution in [3.8, 4) is 5.69 Å². The first-order chi connectivity index (χ1) is 10.8. The lowest BCUT2D eigenvalue weighted by Crippen LogP contribution is -2.30. The van der Waals surface area contributed by atoms with Gasteiger partial charge in [-0.25, -0.2) is 9.97 Å². The Morgan fingerprint density at radius 2 is 2.09 bits per heavy atom. The van der Waals surface area contributed by atoms with E-state index < -0.39 is 0 Å². The highest BCUT2D eigenvalue weighted by Gasteiger charge is 2.24. The maximum atomic E-state index is 6.43. The summed E-state index contributed by atoms with van der Waals surface area (Å²) in [5.74, 6) is 1.44. The minimum Gasteiger partial charge on any atom is -0.316 e. The molecule has 1 N–H and O–H groups in total. The second-order valence-corrected chi connectivity index (χ2v) is 6.05. The zero-order valence-electron chi connectivity index (χ0n) is 12.2. The number of nitrogens with one attached hydrogen (secondary N) is 1. The van der Waals surface area contributed by atoms with Gasteiger partial charge in [0.15, 0.2) is 5.65 Å². The second-order valence-electron chi connectivity index (χ2n) is 5.65. The number of para-hydroxylation sites is 1. The van der Waals surface area contributed by atoms with Crippen LogP contribution in [0.25, 0.3) is 16.9 Å². The maximum absolute atomic E-state index is 6.43. The fraction of sp³-hybridized carbons (Fsp3) is 0.294. The van der Waals surface area contributed by atoms with Crippen LogP contribution in [-0.4, -0.2) is 27.6 Å².